The first-order valence-electron chi connectivity index (χ1n) is 7.21. The number of nitrogens with two attached hydrogens (primary N) is 1. The fourth-order valence-corrected chi connectivity index (χ4v) is 3.66. The summed E-state index contributed by atoms with van der Waals surface area (Å²) in [5.74, 6) is -3.12. The lowest BCUT2D eigenvalue weighted by atomic mass is 9.78. The van der Waals surface area contributed by atoms with Gasteiger partial charge in [-0.15, -0.1) is 0 Å². The Bertz CT molecular complexity index is 579. The van der Waals surface area contributed by atoms with Crippen molar-refractivity contribution < 1.29 is 18.7 Å². The highest BCUT2D eigenvalue weighted by molar-refractivity contribution is 5.88. The summed E-state index contributed by atoms with van der Waals surface area (Å²) in [6.07, 6.45) is 3.11. The van der Waals surface area contributed by atoms with E-state index in [-0.39, 0.29) is 11.7 Å². The topological polar surface area (TPSA) is 66.6 Å². The maximum Gasteiger partial charge on any atom is 0.338 e. The van der Waals surface area contributed by atoms with Gasteiger partial charge in [0.15, 0.2) is 11.6 Å². The number of hydrogen-bond acceptors (Lipinski definition) is 3. The van der Waals surface area contributed by atoms with Crippen molar-refractivity contribution in [2.75, 3.05) is 18.0 Å². The molecule has 0 amide bonds. The average molecular weight is 296 g/mol. The van der Waals surface area contributed by atoms with E-state index in [4.69, 9.17) is 10.8 Å². The maximum atomic E-state index is 14.1. The maximum absolute atomic E-state index is 14.1. The first-order valence-corrected chi connectivity index (χ1v) is 7.21. The highest BCUT2D eigenvalue weighted by Crippen LogP contribution is 2.38. The van der Waals surface area contributed by atoms with Gasteiger partial charge in [-0.2, -0.15) is 0 Å². The second kappa shape index (κ2) is 5.26. The lowest BCUT2D eigenvalue weighted by molar-refractivity contribution is 0.0690. The molecule has 1 saturated heterocycles. The van der Waals surface area contributed by atoms with Crippen LogP contribution in [0.5, 0.6) is 0 Å². The van der Waals surface area contributed by atoms with Crippen molar-refractivity contribution in [2.24, 2.45) is 17.6 Å². The average Bonchev–Trinajstić information content (AvgIpc) is 2.86. The van der Waals surface area contributed by atoms with Gasteiger partial charge in [-0.3, -0.25) is 0 Å². The number of rotatable bonds is 2. The fourth-order valence-electron chi connectivity index (χ4n) is 3.66. The third-order valence-electron chi connectivity index (χ3n) is 4.79. The fraction of sp³-hybridized carbons (Fsp3) is 0.533. The molecule has 2 aliphatic rings. The molecule has 2 fully saturated rings. The first-order chi connectivity index (χ1) is 9.99. The third-order valence-corrected chi connectivity index (χ3v) is 4.79. The smallest absolute Gasteiger partial charge is 0.338 e. The van der Waals surface area contributed by atoms with Crippen LogP contribution in [0.15, 0.2) is 12.1 Å². The Morgan fingerprint density at radius 3 is 2.67 bits per heavy atom. The third kappa shape index (κ3) is 2.37. The van der Waals surface area contributed by atoms with E-state index >= 15 is 0 Å². The number of anilines is 1. The van der Waals surface area contributed by atoms with E-state index in [1.165, 1.54) is 6.07 Å². The zero-order valence-electron chi connectivity index (χ0n) is 11.6. The van der Waals surface area contributed by atoms with Crippen LogP contribution < -0.4 is 10.6 Å². The van der Waals surface area contributed by atoms with Crippen LogP contribution in [0.4, 0.5) is 14.5 Å². The molecule has 6 heteroatoms. The van der Waals surface area contributed by atoms with Gasteiger partial charge >= 0.3 is 5.97 Å². The van der Waals surface area contributed by atoms with Gasteiger partial charge in [0.1, 0.15) is 0 Å². The molecule has 3 unspecified atom stereocenters. The lowest BCUT2D eigenvalue weighted by Crippen LogP contribution is -2.38. The minimum atomic E-state index is -1.46. The van der Waals surface area contributed by atoms with Gasteiger partial charge in [0.2, 0.25) is 0 Å². The van der Waals surface area contributed by atoms with Crippen molar-refractivity contribution in [3.63, 3.8) is 0 Å². The second-order valence-corrected chi connectivity index (χ2v) is 5.99. The van der Waals surface area contributed by atoms with Gasteiger partial charge in [-0.25, -0.2) is 13.6 Å². The van der Waals surface area contributed by atoms with Crippen LogP contribution in [0.1, 0.15) is 29.6 Å². The molecule has 0 radical (unpaired) electrons. The molecular weight excluding hydrogens is 278 g/mol. The van der Waals surface area contributed by atoms with Gasteiger partial charge in [-0.1, -0.05) is 6.42 Å². The van der Waals surface area contributed by atoms with Crippen molar-refractivity contribution in [3.05, 3.63) is 29.3 Å². The largest absolute Gasteiger partial charge is 0.478 e. The van der Waals surface area contributed by atoms with Crippen molar-refractivity contribution in [1.29, 1.82) is 0 Å². The number of nitrogens with zero attached hydrogens (tertiary/aromatic N) is 1. The Morgan fingerprint density at radius 2 is 2.00 bits per heavy atom. The van der Waals surface area contributed by atoms with Gasteiger partial charge in [0.05, 0.1) is 11.3 Å². The molecule has 1 heterocycles. The number of carbonyl (C=O) groups is 1. The number of fused-ring (bicyclic) bond motifs is 1. The molecule has 4 nitrogen and oxygen atoms in total. The van der Waals surface area contributed by atoms with E-state index in [1.54, 1.807) is 4.90 Å². The molecule has 1 aromatic rings. The predicted octanol–water partition coefficient (Wildman–Crippen LogP) is 2.23. The molecule has 3 atom stereocenters. The molecule has 0 bridgehead atoms. The van der Waals surface area contributed by atoms with Crippen LogP contribution in [0, 0.1) is 23.5 Å². The van der Waals surface area contributed by atoms with Crippen molar-refractivity contribution in [2.45, 2.75) is 25.3 Å². The summed E-state index contributed by atoms with van der Waals surface area (Å²) in [5.41, 5.74) is 5.62. The van der Waals surface area contributed by atoms with E-state index in [9.17, 15) is 13.6 Å². The Kier molecular flexibility index (Phi) is 3.57. The Hall–Kier alpha value is -1.69. The van der Waals surface area contributed by atoms with E-state index in [0.717, 1.165) is 25.3 Å². The minimum absolute atomic E-state index is 0.111. The van der Waals surface area contributed by atoms with Crippen LogP contribution in [-0.2, 0) is 0 Å². The summed E-state index contributed by atoms with van der Waals surface area (Å²) in [6, 6.07) is 2.59. The Morgan fingerprint density at radius 1 is 1.24 bits per heavy atom. The first kappa shape index (κ1) is 14.3. The standard InChI is InChI=1S/C15H18F2N2O2/c16-13-9(15(20)21)4-5-12(14(13)17)19-6-8-2-1-3-11(18)10(8)7-19/h4-5,8,10-11H,1-3,6-7,18H2,(H,20,21). The van der Waals surface area contributed by atoms with E-state index in [2.05, 4.69) is 0 Å². The summed E-state index contributed by atoms with van der Waals surface area (Å²) >= 11 is 0. The molecule has 0 spiro atoms. The summed E-state index contributed by atoms with van der Waals surface area (Å²) < 4.78 is 27.9. The highest BCUT2D eigenvalue weighted by atomic mass is 19.2. The van der Waals surface area contributed by atoms with Gasteiger partial charge in [0, 0.05) is 19.1 Å². The number of carboxylic acid groups (broad SMARTS) is 1. The van der Waals surface area contributed by atoms with Crippen LogP contribution >= 0.6 is 0 Å². The van der Waals surface area contributed by atoms with Gasteiger partial charge in [0.25, 0.3) is 0 Å². The molecule has 1 aliphatic carbocycles. The van der Waals surface area contributed by atoms with Crippen LogP contribution in [-0.4, -0.2) is 30.2 Å². The summed E-state index contributed by atoms with van der Waals surface area (Å²) in [5, 5.41) is 8.81. The van der Waals surface area contributed by atoms with Crippen LogP contribution in [0.2, 0.25) is 0 Å². The Labute approximate surface area is 121 Å². The van der Waals surface area contributed by atoms with Gasteiger partial charge < -0.3 is 15.7 Å². The highest BCUT2D eigenvalue weighted by Gasteiger charge is 2.39. The summed E-state index contributed by atoms with van der Waals surface area (Å²) in [6.45, 7) is 1.26. The molecular formula is C15H18F2N2O2. The number of aromatic carboxylic acids is 1. The summed E-state index contributed by atoms with van der Waals surface area (Å²) in [4.78, 5) is 12.6. The summed E-state index contributed by atoms with van der Waals surface area (Å²) in [7, 11) is 0. The zero-order valence-corrected chi connectivity index (χ0v) is 11.6. The molecule has 3 N–H and O–H groups in total. The van der Waals surface area contributed by atoms with Crippen molar-refractivity contribution in [3.8, 4) is 0 Å². The Balaban J connectivity index is 1.88. The number of carboxylic acids is 1. The molecule has 1 saturated carbocycles. The molecule has 3 rings (SSSR count). The molecule has 0 aromatic heterocycles. The van der Waals surface area contributed by atoms with E-state index in [0.29, 0.717) is 24.9 Å². The van der Waals surface area contributed by atoms with Crippen LogP contribution in [0.25, 0.3) is 0 Å². The molecule has 21 heavy (non-hydrogen) atoms. The molecule has 1 aromatic carbocycles. The van der Waals surface area contributed by atoms with Crippen molar-refractivity contribution in [1.82, 2.24) is 0 Å². The normalized spacial score (nSPS) is 28.5. The SMILES string of the molecule is NC1CCCC2CN(c3ccc(C(=O)O)c(F)c3F)CC12. The quantitative estimate of drug-likeness (QED) is 0.878. The van der Waals surface area contributed by atoms with Gasteiger partial charge in [-0.05, 0) is 36.8 Å². The predicted molar refractivity (Wildman–Crippen MR) is 74.3 cm³/mol. The van der Waals surface area contributed by atoms with Crippen LogP contribution in [0.3, 0.4) is 0 Å². The molecule has 1 aliphatic heterocycles. The number of hydrogen-bond donors (Lipinski definition) is 2. The van der Waals surface area contributed by atoms with Crippen molar-refractivity contribution >= 4 is 11.7 Å². The zero-order chi connectivity index (χ0) is 15.1. The lowest BCUT2D eigenvalue weighted by Gasteiger charge is -2.29. The molecule has 114 valence electrons. The number of halogens is 2. The van der Waals surface area contributed by atoms with E-state index in [1.807, 2.05) is 0 Å². The monoisotopic (exact) mass is 296 g/mol. The second-order valence-electron chi connectivity index (χ2n) is 5.99. The number of benzene rings is 1. The minimum Gasteiger partial charge on any atom is -0.478 e. The van der Waals surface area contributed by atoms with E-state index < -0.39 is 23.2 Å².